The van der Waals surface area contributed by atoms with Gasteiger partial charge in [0.2, 0.25) is 0 Å². The molecule has 1 aliphatic heterocycles. The zero-order valence-electron chi connectivity index (χ0n) is 10.5. The van der Waals surface area contributed by atoms with Crippen LogP contribution < -0.4 is 5.32 Å². The number of amides is 1. The van der Waals surface area contributed by atoms with Gasteiger partial charge in [0, 0.05) is 12.6 Å². The first-order valence-electron chi connectivity index (χ1n) is 6.25. The molecule has 1 aromatic heterocycles. The summed E-state index contributed by atoms with van der Waals surface area (Å²) in [6, 6.07) is 2.44. The lowest BCUT2D eigenvalue weighted by atomic mass is 10.2. The van der Waals surface area contributed by atoms with Crippen molar-refractivity contribution >= 4 is 17.2 Å². The van der Waals surface area contributed by atoms with Crippen molar-refractivity contribution in [3.8, 4) is 0 Å². The second-order valence-corrected chi connectivity index (χ2v) is 5.65. The Hall–Kier alpha value is -0.870. The summed E-state index contributed by atoms with van der Waals surface area (Å²) in [6.07, 6.45) is 2.59. The molecule has 2 heterocycles. The Morgan fingerprint density at radius 3 is 2.82 bits per heavy atom. The molecule has 1 amide bonds. The molecule has 1 aliphatic rings. The van der Waals surface area contributed by atoms with Crippen molar-refractivity contribution in [2.75, 3.05) is 19.6 Å². The van der Waals surface area contributed by atoms with Crippen LogP contribution in [-0.4, -0.2) is 36.5 Å². The van der Waals surface area contributed by atoms with Gasteiger partial charge in [0.25, 0.3) is 5.91 Å². The Balaban J connectivity index is 1.82. The van der Waals surface area contributed by atoms with Crippen molar-refractivity contribution in [1.29, 1.82) is 0 Å². The normalized spacial score (nSPS) is 18.2. The van der Waals surface area contributed by atoms with Gasteiger partial charge in [0.05, 0.1) is 4.88 Å². The summed E-state index contributed by atoms with van der Waals surface area (Å²) in [5.74, 6) is 0.0727. The zero-order chi connectivity index (χ0) is 12.3. The number of carbonyl (C=O) groups is 1. The van der Waals surface area contributed by atoms with Gasteiger partial charge in [-0.25, -0.2) is 0 Å². The van der Waals surface area contributed by atoms with E-state index in [0.717, 1.165) is 17.0 Å². The minimum absolute atomic E-state index is 0.0727. The van der Waals surface area contributed by atoms with Crippen LogP contribution in [0.4, 0.5) is 0 Å². The molecular weight excluding hydrogens is 232 g/mol. The highest BCUT2D eigenvalue weighted by Crippen LogP contribution is 2.15. The van der Waals surface area contributed by atoms with Crippen molar-refractivity contribution < 1.29 is 4.79 Å². The van der Waals surface area contributed by atoms with E-state index in [1.807, 2.05) is 18.4 Å². The number of nitrogens with zero attached hydrogens (tertiary/aromatic N) is 1. The van der Waals surface area contributed by atoms with Crippen LogP contribution in [-0.2, 0) is 0 Å². The molecule has 0 aliphatic carbocycles. The first-order chi connectivity index (χ1) is 8.18. The van der Waals surface area contributed by atoms with E-state index in [2.05, 4.69) is 17.1 Å². The van der Waals surface area contributed by atoms with Crippen LogP contribution in [0.3, 0.4) is 0 Å². The molecule has 1 fully saturated rings. The molecule has 0 bridgehead atoms. The van der Waals surface area contributed by atoms with E-state index in [1.54, 1.807) is 0 Å². The van der Waals surface area contributed by atoms with E-state index in [4.69, 9.17) is 0 Å². The molecule has 0 unspecified atom stereocenters. The van der Waals surface area contributed by atoms with Crippen LogP contribution in [0.1, 0.15) is 35.0 Å². The molecule has 0 spiro atoms. The topological polar surface area (TPSA) is 32.3 Å². The summed E-state index contributed by atoms with van der Waals surface area (Å²) >= 11 is 1.52. The van der Waals surface area contributed by atoms with Crippen LogP contribution >= 0.6 is 11.3 Å². The van der Waals surface area contributed by atoms with Crippen LogP contribution in [0.15, 0.2) is 11.4 Å². The van der Waals surface area contributed by atoms with Crippen molar-refractivity contribution in [2.45, 2.75) is 32.7 Å². The van der Waals surface area contributed by atoms with Crippen LogP contribution in [0.5, 0.6) is 0 Å². The summed E-state index contributed by atoms with van der Waals surface area (Å²) in [5, 5.41) is 5.00. The van der Waals surface area contributed by atoms with E-state index in [-0.39, 0.29) is 5.91 Å². The molecule has 3 nitrogen and oxygen atoms in total. The molecule has 4 heteroatoms. The zero-order valence-corrected chi connectivity index (χ0v) is 11.3. The van der Waals surface area contributed by atoms with E-state index in [9.17, 15) is 4.79 Å². The number of hydrogen-bond donors (Lipinski definition) is 1. The monoisotopic (exact) mass is 252 g/mol. The molecule has 1 atom stereocenters. The lowest BCUT2D eigenvalue weighted by molar-refractivity contribution is 0.0944. The third-order valence-corrected chi connectivity index (χ3v) is 4.41. The van der Waals surface area contributed by atoms with E-state index >= 15 is 0 Å². The van der Waals surface area contributed by atoms with Gasteiger partial charge in [-0.05, 0) is 56.8 Å². The minimum atomic E-state index is 0.0727. The third kappa shape index (κ3) is 3.07. The van der Waals surface area contributed by atoms with Crippen LogP contribution in [0.25, 0.3) is 0 Å². The number of likely N-dealkylation sites (tertiary alicyclic amines) is 1. The van der Waals surface area contributed by atoms with E-state index in [1.165, 1.54) is 37.3 Å². The van der Waals surface area contributed by atoms with Crippen LogP contribution in [0.2, 0.25) is 0 Å². The quantitative estimate of drug-likeness (QED) is 0.891. The second-order valence-electron chi connectivity index (χ2n) is 4.73. The summed E-state index contributed by atoms with van der Waals surface area (Å²) < 4.78 is 0. The minimum Gasteiger partial charge on any atom is -0.350 e. The molecule has 1 aromatic rings. The SMILES string of the molecule is Cc1ccsc1C(=O)NC[C@@H](C)N1CCCC1. The van der Waals surface area contributed by atoms with Crippen molar-refractivity contribution in [3.63, 3.8) is 0 Å². The van der Waals surface area contributed by atoms with Gasteiger partial charge in [0.1, 0.15) is 0 Å². The maximum atomic E-state index is 11.9. The number of carbonyl (C=O) groups excluding carboxylic acids is 1. The van der Waals surface area contributed by atoms with Crippen LogP contribution in [0, 0.1) is 6.92 Å². The molecule has 17 heavy (non-hydrogen) atoms. The summed E-state index contributed by atoms with van der Waals surface area (Å²) in [5.41, 5.74) is 1.07. The summed E-state index contributed by atoms with van der Waals surface area (Å²) in [7, 11) is 0. The smallest absolute Gasteiger partial charge is 0.261 e. The maximum Gasteiger partial charge on any atom is 0.261 e. The predicted octanol–water partition coefficient (Wildman–Crippen LogP) is 2.27. The fraction of sp³-hybridized carbons (Fsp3) is 0.615. The third-order valence-electron chi connectivity index (χ3n) is 3.39. The Labute approximate surface area is 107 Å². The Morgan fingerprint density at radius 1 is 1.53 bits per heavy atom. The molecular formula is C13H20N2OS. The van der Waals surface area contributed by atoms with Crippen molar-refractivity contribution in [3.05, 3.63) is 21.9 Å². The fourth-order valence-corrected chi connectivity index (χ4v) is 3.08. The van der Waals surface area contributed by atoms with Gasteiger partial charge in [-0.1, -0.05) is 0 Å². The van der Waals surface area contributed by atoms with Gasteiger partial charge < -0.3 is 5.32 Å². The number of nitrogens with one attached hydrogen (secondary N) is 1. The average Bonchev–Trinajstić information content (AvgIpc) is 2.95. The van der Waals surface area contributed by atoms with Gasteiger partial charge in [-0.2, -0.15) is 0 Å². The Morgan fingerprint density at radius 2 is 2.24 bits per heavy atom. The second kappa shape index (κ2) is 5.65. The standard InChI is InChI=1S/C13H20N2OS/c1-10-5-8-17-12(10)13(16)14-9-11(2)15-6-3-4-7-15/h5,8,11H,3-4,6-7,9H2,1-2H3,(H,14,16)/t11-/m1/s1. The first kappa shape index (κ1) is 12.6. The predicted molar refractivity (Wildman–Crippen MR) is 71.7 cm³/mol. The molecule has 94 valence electrons. The van der Waals surface area contributed by atoms with Gasteiger partial charge in [0.15, 0.2) is 0 Å². The molecule has 1 N–H and O–H groups in total. The Bertz CT molecular complexity index is 383. The number of hydrogen-bond acceptors (Lipinski definition) is 3. The Kier molecular flexibility index (Phi) is 4.18. The van der Waals surface area contributed by atoms with E-state index < -0.39 is 0 Å². The first-order valence-corrected chi connectivity index (χ1v) is 7.13. The highest BCUT2D eigenvalue weighted by Gasteiger charge is 2.19. The number of thiophene rings is 1. The fourth-order valence-electron chi connectivity index (χ4n) is 2.24. The lowest BCUT2D eigenvalue weighted by Gasteiger charge is -2.23. The van der Waals surface area contributed by atoms with E-state index in [0.29, 0.717) is 6.04 Å². The number of rotatable bonds is 4. The largest absolute Gasteiger partial charge is 0.350 e. The molecule has 0 radical (unpaired) electrons. The van der Waals surface area contributed by atoms with Crippen molar-refractivity contribution in [1.82, 2.24) is 10.2 Å². The van der Waals surface area contributed by atoms with Gasteiger partial charge in [-0.3, -0.25) is 9.69 Å². The maximum absolute atomic E-state index is 11.9. The molecule has 2 rings (SSSR count). The summed E-state index contributed by atoms with van der Waals surface area (Å²) in [6.45, 7) is 7.27. The number of aryl methyl sites for hydroxylation is 1. The molecule has 0 saturated carbocycles. The van der Waals surface area contributed by atoms with Crippen molar-refractivity contribution in [2.24, 2.45) is 0 Å². The molecule has 0 aromatic carbocycles. The average molecular weight is 252 g/mol. The van der Waals surface area contributed by atoms with Gasteiger partial charge in [-0.15, -0.1) is 11.3 Å². The lowest BCUT2D eigenvalue weighted by Crippen LogP contribution is -2.40. The summed E-state index contributed by atoms with van der Waals surface area (Å²) in [4.78, 5) is 15.2. The molecule has 1 saturated heterocycles. The van der Waals surface area contributed by atoms with Gasteiger partial charge >= 0.3 is 0 Å². The highest BCUT2D eigenvalue weighted by atomic mass is 32.1. The highest BCUT2D eigenvalue weighted by molar-refractivity contribution is 7.12.